The molecule has 1 aromatic carbocycles. The first-order chi connectivity index (χ1) is 10.0. The second-order valence-corrected chi connectivity index (χ2v) is 7.96. The van der Waals surface area contributed by atoms with Gasteiger partial charge in [0.1, 0.15) is 16.7 Å². The first kappa shape index (κ1) is 22.4. The Morgan fingerprint density at radius 1 is 1.39 bits per heavy atom. The summed E-state index contributed by atoms with van der Waals surface area (Å²) in [5.74, 6) is 0.219. The SMILES string of the molecule is COCC(C)Oc1ccc(Cl)cc1S(=O)(=O)NCC(C)(C)N.Cl. The highest BCUT2D eigenvalue weighted by atomic mass is 35.5. The number of halogens is 2. The number of nitrogens with two attached hydrogens (primary N) is 1. The molecule has 0 heterocycles. The molecule has 1 atom stereocenters. The molecule has 0 aromatic heterocycles. The summed E-state index contributed by atoms with van der Waals surface area (Å²) in [4.78, 5) is -0.0211. The molecule has 0 aliphatic carbocycles. The van der Waals surface area contributed by atoms with Crippen LogP contribution in [0.5, 0.6) is 5.75 Å². The Balaban J connectivity index is 0.00000484. The zero-order chi connectivity index (χ0) is 17.0. The van der Waals surface area contributed by atoms with Crippen LogP contribution in [0.2, 0.25) is 5.02 Å². The molecule has 0 fully saturated rings. The number of ether oxygens (including phenoxy) is 2. The normalized spacial score (nSPS) is 13.3. The van der Waals surface area contributed by atoms with Crippen LogP contribution in [0.4, 0.5) is 0 Å². The minimum absolute atomic E-state index is 0. The van der Waals surface area contributed by atoms with Crippen molar-refractivity contribution in [1.82, 2.24) is 4.72 Å². The topological polar surface area (TPSA) is 90.6 Å². The van der Waals surface area contributed by atoms with E-state index in [9.17, 15) is 8.42 Å². The van der Waals surface area contributed by atoms with Crippen LogP contribution in [0.1, 0.15) is 20.8 Å². The van der Waals surface area contributed by atoms with Crippen molar-refractivity contribution < 1.29 is 17.9 Å². The lowest BCUT2D eigenvalue weighted by Gasteiger charge is -2.21. The molecule has 0 saturated carbocycles. The van der Waals surface area contributed by atoms with Gasteiger partial charge >= 0.3 is 0 Å². The van der Waals surface area contributed by atoms with Gasteiger partial charge in [-0.2, -0.15) is 0 Å². The van der Waals surface area contributed by atoms with Crippen molar-refractivity contribution in [2.45, 2.75) is 37.3 Å². The van der Waals surface area contributed by atoms with Crippen LogP contribution in [0.15, 0.2) is 23.1 Å². The molecular formula is C14H24Cl2N2O4S. The Morgan fingerprint density at radius 3 is 2.52 bits per heavy atom. The molecule has 0 amide bonds. The molecule has 1 aromatic rings. The highest BCUT2D eigenvalue weighted by Gasteiger charge is 2.23. The largest absolute Gasteiger partial charge is 0.487 e. The van der Waals surface area contributed by atoms with Gasteiger partial charge in [-0.3, -0.25) is 0 Å². The van der Waals surface area contributed by atoms with Crippen molar-refractivity contribution in [3.05, 3.63) is 23.2 Å². The van der Waals surface area contributed by atoms with Crippen LogP contribution >= 0.6 is 24.0 Å². The summed E-state index contributed by atoms with van der Waals surface area (Å²) in [6, 6.07) is 4.45. The van der Waals surface area contributed by atoms with E-state index in [-0.39, 0.29) is 35.7 Å². The van der Waals surface area contributed by atoms with Crippen LogP contribution in [0, 0.1) is 0 Å². The highest BCUT2D eigenvalue weighted by Crippen LogP contribution is 2.28. The maximum absolute atomic E-state index is 12.5. The standard InChI is InChI=1S/C14H23ClN2O4S.ClH/c1-10(8-20-4)21-12-6-5-11(15)7-13(12)22(18,19)17-9-14(2,3)16;/h5-7,10,17H,8-9,16H2,1-4H3;1H. The molecule has 0 aliphatic rings. The predicted molar refractivity (Wildman–Crippen MR) is 94.1 cm³/mol. The lowest BCUT2D eigenvalue weighted by atomic mass is 10.1. The van der Waals surface area contributed by atoms with E-state index < -0.39 is 15.6 Å². The number of hydrogen-bond donors (Lipinski definition) is 2. The van der Waals surface area contributed by atoms with E-state index in [1.54, 1.807) is 33.9 Å². The first-order valence-corrected chi connectivity index (χ1v) is 8.65. The van der Waals surface area contributed by atoms with Crippen LogP contribution < -0.4 is 15.2 Å². The summed E-state index contributed by atoms with van der Waals surface area (Å²) in [7, 11) is -2.24. The molecule has 23 heavy (non-hydrogen) atoms. The Bertz CT molecular complexity index is 603. The summed E-state index contributed by atoms with van der Waals surface area (Å²) in [6.45, 7) is 5.67. The van der Waals surface area contributed by atoms with Gasteiger partial charge in [-0.15, -0.1) is 12.4 Å². The molecule has 134 valence electrons. The Hall–Kier alpha value is -0.570. The molecule has 0 radical (unpaired) electrons. The number of rotatable bonds is 8. The summed E-state index contributed by atoms with van der Waals surface area (Å²) in [5.41, 5.74) is 5.14. The average Bonchev–Trinajstić information content (AvgIpc) is 2.38. The van der Waals surface area contributed by atoms with Crippen molar-refractivity contribution in [3.63, 3.8) is 0 Å². The van der Waals surface area contributed by atoms with Crippen molar-refractivity contribution in [1.29, 1.82) is 0 Å². The van der Waals surface area contributed by atoms with Gasteiger partial charge in [-0.25, -0.2) is 13.1 Å². The maximum Gasteiger partial charge on any atom is 0.244 e. The smallest absolute Gasteiger partial charge is 0.244 e. The highest BCUT2D eigenvalue weighted by molar-refractivity contribution is 7.89. The summed E-state index contributed by atoms with van der Waals surface area (Å²) in [5, 5.41) is 0.305. The first-order valence-electron chi connectivity index (χ1n) is 6.79. The number of nitrogens with one attached hydrogen (secondary N) is 1. The van der Waals surface area contributed by atoms with Crippen molar-refractivity contribution in [2.75, 3.05) is 20.3 Å². The number of benzene rings is 1. The number of hydrogen-bond acceptors (Lipinski definition) is 5. The number of methoxy groups -OCH3 is 1. The van der Waals surface area contributed by atoms with Gasteiger partial charge in [0, 0.05) is 24.2 Å². The zero-order valence-corrected chi connectivity index (χ0v) is 16.0. The quantitative estimate of drug-likeness (QED) is 0.714. The summed E-state index contributed by atoms with van der Waals surface area (Å²) >= 11 is 5.91. The van der Waals surface area contributed by atoms with Crippen LogP contribution in [-0.4, -0.2) is 40.3 Å². The van der Waals surface area contributed by atoms with E-state index >= 15 is 0 Å². The Morgan fingerprint density at radius 2 is 2.00 bits per heavy atom. The van der Waals surface area contributed by atoms with E-state index in [1.807, 2.05) is 0 Å². The molecule has 3 N–H and O–H groups in total. The second-order valence-electron chi connectivity index (χ2n) is 5.79. The van der Waals surface area contributed by atoms with Gasteiger partial charge in [0.15, 0.2) is 0 Å². The van der Waals surface area contributed by atoms with E-state index in [2.05, 4.69) is 4.72 Å². The van der Waals surface area contributed by atoms with E-state index in [0.29, 0.717) is 11.6 Å². The molecule has 1 unspecified atom stereocenters. The van der Waals surface area contributed by atoms with E-state index in [1.165, 1.54) is 12.1 Å². The van der Waals surface area contributed by atoms with Gasteiger partial charge in [0.05, 0.1) is 6.61 Å². The fourth-order valence-electron chi connectivity index (χ4n) is 1.63. The minimum atomic E-state index is -3.79. The zero-order valence-electron chi connectivity index (χ0n) is 13.6. The van der Waals surface area contributed by atoms with Crippen LogP contribution in [0.25, 0.3) is 0 Å². The summed E-state index contributed by atoms with van der Waals surface area (Å²) < 4.78 is 38.0. The van der Waals surface area contributed by atoms with E-state index in [4.69, 9.17) is 26.8 Å². The molecule has 1 rings (SSSR count). The molecule has 0 bridgehead atoms. The van der Waals surface area contributed by atoms with Gasteiger partial charge in [-0.05, 0) is 39.0 Å². The van der Waals surface area contributed by atoms with Gasteiger partial charge < -0.3 is 15.2 Å². The maximum atomic E-state index is 12.5. The minimum Gasteiger partial charge on any atom is -0.487 e. The molecule has 0 saturated heterocycles. The molecule has 6 nitrogen and oxygen atoms in total. The van der Waals surface area contributed by atoms with Gasteiger partial charge in [0.25, 0.3) is 0 Å². The van der Waals surface area contributed by atoms with Gasteiger partial charge in [0.2, 0.25) is 10.0 Å². The van der Waals surface area contributed by atoms with Crippen molar-refractivity contribution in [2.24, 2.45) is 5.73 Å². The van der Waals surface area contributed by atoms with E-state index in [0.717, 1.165) is 0 Å². The third-order valence-electron chi connectivity index (χ3n) is 2.64. The Labute approximate surface area is 149 Å². The number of sulfonamides is 1. The van der Waals surface area contributed by atoms with Crippen molar-refractivity contribution >= 4 is 34.0 Å². The van der Waals surface area contributed by atoms with Crippen LogP contribution in [0.3, 0.4) is 0 Å². The lowest BCUT2D eigenvalue weighted by molar-refractivity contribution is 0.0901. The van der Waals surface area contributed by atoms with Crippen LogP contribution in [-0.2, 0) is 14.8 Å². The fraction of sp³-hybridized carbons (Fsp3) is 0.571. The molecule has 9 heteroatoms. The third-order valence-corrected chi connectivity index (χ3v) is 4.30. The Kier molecular flexibility index (Phi) is 8.83. The van der Waals surface area contributed by atoms with Crippen molar-refractivity contribution in [3.8, 4) is 5.75 Å². The average molecular weight is 387 g/mol. The van der Waals surface area contributed by atoms with Gasteiger partial charge in [-0.1, -0.05) is 11.6 Å². The molecular weight excluding hydrogens is 363 g/mol. The molecule has 0 spiro atoms. The fourth-order valence-corrected chi connectivity index (χ4v) is 3.25. The monoisotopic (exact) mass is 386 g/mol. The second kappa shape index (κ2) is 9.05. The molecule has 0 aliphatic heterocycles. The summed E-state index contributed by atoms with van der Waals surface area (Å²) in [6.07, 6.45) is -0.300. The predicted octanol–water partition coefficient (Wildman–Crippen LogP) is 2.19. The third kappa shape index (κ3) is 7.69. The lowest BCUT2D eigenvalue weighted by Crippen LogP contribution is -2.45.